The SMILES string of the molecule is CCCOC(=O)NC12C(C(=O)O)C(OCc3ccc(Cl)c(Cl)c3)CC1C2(F)C(=O)O. The number of alkyl halides is 1. The minimum atomic E-state index is -2.93. The van der Waals surface area contributed by atoms with Gasteiger partial charge in [0, 0.05) is 5.92 Å². The molecule has 0 spiro atoms. The van der Waals surface area contributed by atoms with Gasteiger partial charge >= 0.3 is 18.0 Å². The van der Waals surface area contributed by atoms with Crippen LogP contribution in [0.2, 0.25) is 10.0 Å². The van der Waals surface area contributed by atoms with Crippen molar-refractivity contribution >= 4 is 41.2 Å². The van der Waals surface area contributed by atoms with Crippen molar-refractivity contribution in [3.8, 4) is 0 Å². The van der Waals surface area contributed by atoms with E-state index in [9.17, 15) is 24.6 Å². The lowest BCUT2D eigenvalue weighted by Crippen LogP contribution is -2.55. The van der Waals surface area contributed by atoms with Crippen LogP contribution in [0.1, 0.15) is 25.3 Å². The predicted octanol–water partition coefficient (Wildman–Crippen LogP) is 3.28. The summed E-state index contributed by atoms with van der Waals surface area (Å²) in [5, 5.41) is 22.0. The Labute approximate surface area is 181 Å². The van der Waals surface area contributed by atoms with E-state index in [4.69, 9.17) is 32.7 Å². The number of carbonyl (C=O) groups is 3. The molecule has 1 amide bonds. The molecule has 0 bridgehead atoms. The Morgan fingerprint density at radius 1 is 1.27 bits per heavy atom. The highest BCUT2D eigenvalue weighted by atomic mass is 35.5. The van der Waals surface area contributed by atoms with Gasteiger partial charge in [0.2, 0.25) is 5.67 Å². The van der Waals surface area contributed by atoms with Crippen LogP contribution >= 0.6 is 23.2 Å². The van der Waals surface area contributed by atoms with Crippen molar-refractivity contribution in [2.45, 2.75) is 43.7 Å². The summed E-state index contributed by atoms with van der Waals surface area (Å²) < 4.78 is 25.8. The zero-order valence-corrected chi connectivity index (χ0v) is 17.4. The van der Waals surface area contributed by atoms with Crippen LogP contribution in [0.15, 0.2) is 18.2 Å². The van der Waals surface area contributed by atoms with Gasteiger partial charge in [0.25, 0.3) is 0 Å². The number of fused-ring (bicyclic) bond motifs is 1. The van der Waals surface area contributed by atoms with E-state index in [1.807, 2.05) is 0 Å². The molecule has 0 aromatic heterocycles. The zero-order valence-electron chi connectivity index (χ0n) is 15.9. The molecule has 8 nitrogen and oxygen atoms in total. The van der Waals surface area contributed by atoms with Crippen LogP contribution < -0.4 is 5.32 Å². The molecular formula is C19H20Cl2FNO7. The first-order valence-corrected chi connectivity index (χ1v) is 10.0. The lowest BCUT2D eigenvalue weighted by molar-refractivity contribution is -0.155. The van der Waals surface area contributed by atoms with Crippen molar-refractivity contribution in [2.75, 3.05) is 6.61 Å². The fraction of sp³-hybridized carbons (Fsp3) is 0.526. The second-order valence-electron chi connectivity index (χ2n) is 7.35. The summed E-state index contributed by atoms with van der Waals surface area (Å²) in [5.41, 5.74) is -4.48. The van der Waals surface area contributed by atoms with Crippen LogP contribution in [-0.2, 0) is 25.7 Å². The highest BCUT2D eigenvalue weighted by Gasteiger charge is 2.91. The van der Waals surface area contributed by atoms with Crippen LogP contribution in [0.4, 0.5) is 9.18 Å². The topological polar surface area (TPSA) is 122 Å². The molecule has 0 heterocycles. The molecule has 164 valence electrons. The zero-order chi connectivity index (χ0) is 22.3. The smallest absolute Gasteiger partial charge is 0.407 e. The average Bonchev–Trinajstić information content (AvgIpc) is 3.01. The van der Waals surface area contributed by atoms with Crippen LogP contribution in [0.3, 0.4) is 0 Å². The molecule has 30 heavy (non-hydrogen) atoms. The molecular weight excluding hydrogens is 444 g/mol. The van der Waals surface area contributed by atoms with Crippen molar-refractivity contribution in [1.82, 2.24) is 5.32 Å². The van der Waals surface area contributed by atoms with Crippen LogP contribution in [0.25, 0.3) is 0 Å². The van der Waals surface area contributed by atoms with Crippen molar-refractivity contribution < 1.29 is 38.5 Å². The van der Waals surface area contributed by atoms with Gasteiger partial charge < -0.3 is 25.0 Å². The lowest BCUT2D eigenvalue weighted by Gasteiger charge is -2.29. The maximum absolute atomic E-state index is 15.3. The first-order chi connectivity index (χ1) is 14.1. The van der Waals surface area contributed by atoms with Gasteiger partial charge in [-0.3, -0.25) is 4.79 Å². The predicted molar refractivity (Wildman–Crippen MR) is 103 cm³/mol. The number of hydrogen-bond donors (Lipinski definition) is 3. The van der Waals surface area contributed by atoms with Crippen molar-refractivity contribution in [3.63, 3.8) is 0 Å². The number of carboxylic acids is 2. The monoisotopic (exact) mass is 463 g/mol. The second kappa shape index (κ2) is 8.20. The summed E-state index contributed by atoms with van der Waals surface area (Å²) in [6.07, 6.45) is -1.81. The third-order valence-electron chi connectivity index (χ3n) is 5.65. The van der Waals surface area contributed by atoms with Crippen LogP contribution in [0.5, 0.6) is 0 Å². The molecule has 1 aromatic carbocycles. The molecule has 2 fully saturated rings. The minimum absolute atomic E-state index is 0.0218. The maximum atomic E-state index is 15.3. The molecule has 3 rings (SSSR count). The fourth-order valence-corrected chi connectivity index (χ4v) is 4.64. The molecule has 3 N–H and O–H groups in total. The number of amides is 1. The quantitative estimate of drug-likeness (QED) is 0.540. The van der Waals surface area contributed by atoms with E-state index < -0.39 is 47.2 Å². The molecule has 2 aliphatic rings. The van der Waals surface area contributed by atoms with Gasteiger partial charge in [-0.15, -0.1) is 0 Å². The van der Waals surface area contributed by atoms with Gasteiger partial charge in [-0.05, 0) is 30.5 Å². The van der Waals surface area contributed by atoms with Gasteiger partial charge in [0.05, 0.1) is 29.4 Å². The molecule has 2 saturated carbocycles. The molecule has 0 aliphatic heterocycles. The largest absolute Gasteiger partial charge is 0.481 e. The second-order valence-corrected chi connectivity index (χ2v) is 8.16. The van der Waals surface area contributed by atoms with Crippen molar-refractivity contribution in [3.05, 3.63) is 33.8 Å². The maximum Gasteiger partial charge on any atom is 0.407 e. The molecule has 1 aromatic rings. The Morgan fingerprint density at radius 3 is 2.53 bits per heavy atom. The van der Waals surface area contributed by atoms with Crippen LogP contribution in [0, 0.1) is 11.8 Å². The van der Waals surface area contributed by atoms with E-state index in [0.717, 1.165) is 0 Å². The summed E-state index contributed by atoms with van der Waals surface area (Å²) in [4.78, 5) is 35.7. The molecule has 5 atom stereocenters. The Balaban J connectivity index is 1.83. The molecule has 0 radical (unpaired) electrons. The number of carbonyl (C=O) groups excluding carboxylic acids is 1. The van der Waals surface area contributed by atoms with Gasteiger partial charge in [0.1, 0.15) is 11.5 Å². The van der Waals surface area contributed by atoms with Gasteiger partial charge in [-0.2, -0.15) is 0 Å². The number of alkyl carbamates (subject to hydrolysis) is 1. The number of rotatable bonds is 8. The van der Waals surface area contributed by atoms with Crippen molar-refractivity contribution in [2.24, 2.45) is 11.8 Å². The fourth-order valence-electron chi connectivity index (χ4n) is 4.32. The molecule has 2 aliphatic carbocycles. The van der Waals surface area contributed by atoms with Crippen LogP contribution in [-0.4, -0.2) is 52.2 Å². The number of nitrogens with one attached hydrogen (secondary N) is 1. The molecule has 0 saturated heterocycles. The highest BCUT2D eigenvalue weighted by molar-refractivity contribution is 6.42. The first-order valence-electron chi connectivity index (χ1n) is 9.25. The summed E-state index contributed by atoms with van der Waals surface area (Å²) in [6, 6.07) is 4.72. The minimum Gasteiger partial charge on any atom is -0.481 e. The van der Waals surface area contributed by atoms with Gasteiger partial charge in [0.15, 0.2) is 0 Å². The Bertz CT molecular complexity index is 884. The summed E-state index contributed by atoms with van der Waals surface area (Å²) >= 11 is 11.8. The Morgan fingerprint density at radius 2 is 1.97 bits per heavy atom. The van der Waals surface area contributed by atoms with E-state index >= 15 is 4.39 Å². The summed E-state index contributed by atoms with van der Waals surface area (Å²) in [5.74, 6) is -6.21. The first kappa shape index (κ1) is 22.6. The number of ether oxygens (including phenoxy) is 2. The number of hydrogen-bond acceptors (Lipinski definition) is 5. The van der Waals surface area contributed by atoms with E-state index in [2.05, 4.69) is 5.32 Å². The summed E-state index contributed by atoms with van der Waals surface area (Å²) in [6.45, 7) is 1.71. The Hall–Kier alpha value is -2.10. The number of aliphatic carboxylic acids is 2. The van der Waals surface area contributed by atoms with Crippen molar-refractivity contribution in [1.29, 1.82) is 0 Å². The highest BCUT2D eigenvalue weighted by Crippen LogP contribution is 2.69. The van der Waals surface area contributed by atoms with Gasteiger partial charge in [-0.1, -0.05) is 36.2 Å². The number of carboxylic acid groups (broad SMARTS) is 2. The third kappa shape index (κ3) is 3.48. The standard InChI is InChI=1S/C19H20Cl2FNO7/c1-2-5-29-17(28)23-19-13(18(19,22)16(26)27)7-12(14(19)15(24)25)30-8-9-3-4-10(20)11(21)6-9/h3-4,6,12-14H,2,5,7-8H2,1H3,(H,23,28)(H,24,25)(H,26,27). The number of benzene rings is 1. The van der Waals surface area contributed by atoms with E-state index in [0.29, 0.717) is 17.0 Å². The third-order valence-corrected chi connectivity index (χ3v) is 6.39. The average molecular weight is 464 g/mol. The molecule has 11 heteroatoms. The normalized spacial score (nSPS) is 31.7. The number of halogens is 3. The Kier molecular flexibility index (Phi) is 6.18. The lowest BCUT2D eigenvalue weighted by atomic mass is 9.90. The molecule has 5 unspecified atom stereocenters. The summed E-state index contributed by atoms with van der Waals surface area (Å²) in [7, 11) is 0. The van der Waals surface area contributed by atoms with E-state index in [1.54, 1.807) is 25.1 Å². The van der Waals surface area contributed by atoms with Gasteiger partial charge in [-0.25, -0.2) is 14.0 Å². The van der Waals surface area contributed by atoms with E-state index in [-0.39, 0.29) is 24.7 Å². The van der Waals surface area contributed by atoms with E-state index in [1.165, 1.54) is 0 Å².